The number of esters is 1. The third-order valence-electron chi connectivity index (χ3n) is 5.03. The number of phenolic OH excluding ortho intramolecular Hbond substituents is 1. The first kappa shape index (κ1) is 23.3. The molecule has 0 aliphatic heterocycles. The van der Waals surface area contributed by atoms with Crippen molar-refractivity contribution < 1.29 is 19.4 Å². The quantitative estimate of drug-likeness (QED) is 0.615. The summed E-state index contributed by atoms with van der Waals surface area (Å²) in [4.78, 5) is 11.6. The van der Waals surface area contributed by atoms with Gasteiger partial charge in [0, 0.05) is 17.5 Å². The SMILES string of the molecule is COC(=O)CCCC(C)(CC(C)(C)C)c1cc(OC)c(C(C)(C)C)cc1O. The molecule has 1 atom stereocenters. The van der Waals surface area contributed by atoms with Crippen molar-refractivity contribution in [1.29, 1.82) is 0 Å². The summed E-state index contributed by atoms with van der Waals surface area (Å²) in [6.45, 7) is 15.1. The first-order chi connectivity index (χ1) is 12.2. The van der Waals surface area contributed by atoms with Gasteiger partial charge in [0.15, 0.2) is 0 Å². The third-order valence-corrected chi connectivity index (χ3v) is 5.03. The molecule has 0 fully saturated rings. The molecule has 0 aliphatic rings. The van der Waals surface area contributed by atoms with E-state index in [0.717, 1.165) is 29.7 Å². The predicted octanol–water partition coefficient (Wildman–Crippen LogP) is 5.74. The first-order valence-electron chi connectivity index (χ1n) is 9.72. The maximum atomic E-state index is 11.6. The second kappa shape index (κ2) is 8.53. The van der Waals surface area contributed by atoms with Crippen molar-refractivity contribution in [2.45, 2.75) is 85.0 Å². The van der Waals surface area contributed by atoms with Crippen LogP contribution in [0.15, 0.2) is 12.1 Å². The monoisotopic (exact) mass is 378 g/mol. The summed E-state index contributed by atoms with van der Waals surface area (Å²) in [5.41, 5.74) is 1.53. The number of rotatable bonds is 7. The number of ether oxygens (including phenoxy) is 2. The molecule has 0 saturated heterocycles. The maximum absolute atomic E-state index is 11.6. The fraction of sp³-hybridized carbons (Fsp3) is 0.696. The Bertz CT molecular complexity index is 650. The largest absolute Gasteiger partial charge is 0.508 e. The van der Waals surface area contributed by atoms with E-state index in [2.05, 4.69) is 48.5 Å². The lowest BCUT2D eigenvalue weighted by Gasteiger charge is -2.37. The summed E-state index contributed by atoms with van der Waals surface area (Å²) in [6.07, 6.45) is 2.76. The summed E-state index contributed by atoms with van der Waals surface area (Å²) in [5.74, 6) is 0.895. The van der Waals surface area contributed by atoms with E-state index < -0.39 is 0 Å². The highest BCUT2D eigenvalue weighted by molar-refractivity contribution is 5.69. The van der Waals surface area contributed by atoms with E-state index in [4.69, 9.17) is 9.47 Å². The fourth-order valence-electron chi connectivity index (χ4n) is 4.02. The number of carbonyl (C=O) groups excluding carboxylic acids is 1. The van der Waals surface area contributed by atoms with Crippen molar-refractivity contribution in [3.8, 4) is 11.5 Å². The van der Waals surface area contributed by atoms with Crippen LogP contribution in [0.3, 0.4) is 0 Å². The average molecular weight is 379 g/mol. The molecule has 0 radical (unpaired) electrons. The molecule has 0 amide bonds. The fourth-order valence-corrected chi connectivity index (χ4v) is 4.02. The lowest BCUT2D eigenvalue weighted by molar-refractivity contribution is -0.140. The van der Waals surface area contributed by atoms with Crippen LogP contribution in [0.4, 0.5) is 0 Å². The van der Waals surface area contributed by atoms with Crippen molar-refractivity contribution in [3.05, 3.63) is 23.3 Å². The Morgan fingerprint density at radius 3 is 2.04 bits per heavy atom. The first-order valence-corrected chi connectivity index (χ1v) is 9.72. The Balaban J connectivity index is 3.38. The predicted molar refractivity (Wildman–Crippen MR) is 111 cm³/mol. The van der Waals surface area contributed by atoms with Gasteiger partial charge in [-0.3, -0.25) is 4.79 Å². The highest BCUT2D eigenvalue weighted by Crippen LogP contribution is 2.47. The van der Waals surface area contributed by atoms with Crippen molar-refractivity contribution in [2.24, 2.45) is 5.41 Å². The van der Waals surface area contributed by atoms with Gasteiger partial charge in [0.1, 0.15) is 11.5 Å². The van der Waals surface area contributed by atoms with Crippen molar-refractivity contribution in [3.63, 3.8) is 0 Å². The molecule has 1 N–H and O–H groups in total. The van der Waals surface area contributed by atoms with Crippen LogP contribution in [-0.2, 0) is 20.4 Å². The van der Waals surface area contributed by atoms with Crippen LogP contribution in [0.5, 0.6) is 11.5 Å². The van der Waals surface area contributed by atoms with E-state index in [9.17, 15) is 9.90 Å². The zero-order valence-corrected chi connectivity index (χ0v) is 18.7. The van der Waals surface area contributed by atoms with Crippen LogP contribution in [-0.4, -0.2) is 25.3 Å². The molecule has 4 heteroatoms. The number of aromatic hydroxyl groups is 1. The molecule has 1 aromatic rings. The van der Waals surface area contributed by atoms with E-state index >= 15 is 0 Å². The Morgan fingerprint density at radius 1 is 1.00 bits per heavy atom. The smallest absolute Gasteiger partial charge is 0.305 e. The molecule has 1 unspecified atom stereocenters. The summed E-state index contributed by atoms with van der Waals surface area (Å²) in [7, 11) is 3.09. The second-order valence-corrected chi connectivity index (χ2v) is 10.0. The van der Waals surface area contributed by atoms with Gasteiger partial charge in [0.05, 0.1) is 14.2 Å². The molecule has 27 heavy (non-hydrogen) atoms. The highest BCUT2D eigenvalue weighted by atomic mass is 16.5. The lowest BCUT2D eigenvalue weighted by atomic mass is 9.67. The topological polar surface area (TPSA) is 55.8 Å². The summed E-state index contributed by atoms with van der Waals surface area (Å²) >= 11 is 0. The van der Waals surface area contributed by atoms with E-state index in [1.807, 2.05) is 12.1 Å². The minimum atomic E-state index is -0.278. The number of hydrogen-bond donors (Lipinski definition) is 1. The van der Waals surface area contributed by atoms with Gasteiger partial charge in [0.2, 0.25) is 0 Å². The van der Waals surface area contributed by atoms with E-state index in [1.54, 1.807) is 7.11 Å². The lowest BCUT2D eigenvalue weighted by Crippen LogP contribution is -2.29. The van der Waals surface area contributed by atoms with Crippen LogP contribution >= 0.6 is 0 Å². The third kappa shape index (κ3) is 6.44. The molecule has 0 aromatic heterocycles. The average Bonchev–Trinajstić information content (AvgIpc) is 2.51. The molecular weight excluding hydrogens is 340 g/mol. The molecule has 0 aliphatic carbocycles. The van der Waals surface area contributed by atoms with Crippen molar-refractivity contribution in [1.82, 2.24) is 0 Å². The summed E-state index contributed by atoms with van der Waals surface area (Å²) < 4.78 is 10.4. The Kier molecular flexibility index (Phi) is 7.37. The zero-order chi connectivity index (χ0) is 21.0. The van der Waals surface area contributed by atoms with Crippen LogP contribution < -0.4 is 4.74 Å². The summed E-state index contributed by atoms with van der Waals surface area (Å²) in [6, 6.07) is 3.83. The van der Waals surface area contributed by atoms with Gasteiger partial charge < -0.3 is 14.6 Å². The van der Waals surface area contributed by atoms with Crippen molar-refractivity contribution >= 4 is 5.97 Å². The van der Waals surface area contributed by atoms with Crippen LogP contribution in [0.1, 0.15) is 85.3 Å². The van der Waals surface area contributed by atoms with Gasteiger partial charge in [-0.1, -0.05) is 48.5 Å². The molecule has 0 spiro atoms. The van der Waals surface area contributed by atoms with E-state index in [-0.39, 0.29) is 22.2 Å². The molecule has 0 saturated carbocycles. The molecule has 0 bridgehead atoms. The van der Waals surface area contributed by atoms with Gasteiger partial charge in [-0.25, -0.2) is 0 Å². The Morgan fingerprint density at radius 2 is 1.59 bits per heavy atom. The molecule has 0 heterocycles. The molecule has 1 aromatic carbocycles. The maximum Gasteiger partial charge on any atom is 0.305 e. The molecule has 1 rings (SSSR count). The highest BCUT2D eigenvalue weighted by Gasteiger charge is 2.35. The Labute approximate surface area is 165 Å². The van der Waals surface area contributed by atoms with Gasteiger partial charge in [-0.2, -0.15) is 0 Å². The standard InChI is InChI=1S/C23H38O4/c1-21(2,3)15-23(7,12-10-11-20(25)27-9)16-14-19(26-8)17(13-18(16)24)22(4,5)6/h13-14,24H,10-12,15H2,1-9H3. The van der Waals surface area contributed by atoms with Gasteiger partial charge >= 0.3 is 5.97 Å². The number of benzene rings is 1. The second-order valence-electron chi connectivity index (χ2n) is 10.0. The van der Waals surface area contributed by atoms with Crippen molar-refractivity contribution in [2.75, 3.05) is 14.2 Å². The van der Waals surface area contributed by atoms with E-state index in [0.29, 0.717) is 18.6 Å². The van der Waals surface area contributed by atoms with Gasteiger partial charge in [0.25, 0.3) is 0 Å². The Hall–Kier alpha value is -1.71. The number of methoxy groups -OCH3 is 2. The van der Waals surface area contributed by atoms with Gasteiger partial charge in [-0.15, -0.1) is 0 Å². The number of phenols is 1. The molecular formula is C23H38O4. The minimum absolute atomic E-state index is 0.0718. The number of carbonyl (C=O) groups is 1. The molecule has 4 nitrogen and oxygen atoms in total. The van der Waals surface area contributed by atoms with Gasteiger partial charge in [-0.05, 0) is 47.6 Å². The zero-order valence-electron chi connectivity index (χ0n) is 18.7. The normalized spacial score (nSPS) is 14.6. The van der Waals surface area contributed by atoms with Crippen LogP contribution in [0.2, 0.25) is 0 Å². The molecule has 154 valence electrons. The minimum Gasteiger partial charge on any atom is -0.508 e. The number of hydrogen-bond acceptors (Lipinski definition) is 4. The summed E-state index contributed by atoms with van der Waals surface area (Å²) in [5, 5.41) is 10.9. The van der Waals surface area contributed by atoms with Crippen LogP contribution in [0.25, 0.3) is 0 Å². The van der Waals surface area contributed by atoms with E-state index in [1.165, 1.54) is 7.11 Å². The van der Waals surface area contributed by atoms with Crippen LogP contribution in [0, 0.1) is 5.41 Å².